The summed E-state index contributed by atoms with van der Waals surface area (Å²) in [5, 5.41) is 12.9. The third kappa shape index (κ3) is 5.27. The normalized spacial score (nSPS) is 16.6. The molecule has 3 heterocycles. The molecule has 2 aromatic heterocycles. The van der Waals surface area contributed by atoms with Crippen molar-refractivity contribution >= 4 is 29.9 Å². The van der Waals surface area contributed by atoms with Crippen molar-refractivity contribution in [3.8, 4) is 0 Å². The van der Waals surface area contributed by atoms with Gasteiger partial charge in [-0.1, -0.05) is 0 Å². The van der Waals surface area contributed by atoms with E-state index in [1.54, 1.807) is 30.6 Å². The van der Waals surface area contributed by atoms with Gasteiger partial charge in [0.2, 0.25) is 5.91 Å². The van der Waals surface area contributed by atoms with Gasteiger partial charge in [-0.05, 0) is 37.6 Å². The molecule has 3 N–H and O–H groups in total. The number of halogens is 1. The first kappa shape index (κ1) is 18.9. The Kier molecular flexibility index (Phi) is 6.91. The molecule has 0 aliphatic carbocycles. The van der Waals surface area contributed by atoms with Crippen LogP contribution in [0.1, 0.15) is 29.4 Å². The fourth-order valence-corrected chi connectivity index (χ4v) is 2.61. The zero-order valence-corrected chi connectivity index (χ0v) is 14.5. The lowest BCUT2D eigenvalue weighted by molar-refractivity contribution is -0.115. The molecule has 1 atom stereocenters. The third-order valence-electron chi connectivity index (χ3n) is 3.84. The predicted molar refractivity (Wildman–Crippen MR) is 95.8 cm³/mol. The number of nitrogens with zero attached hydrogens (tertiary/aromatic N) is 3. The van der Waals surface area contributed by atoms with Crippen molar-refractivity contribution in [1.82, 2.24) is 25.4 Å². The third-order valence-corrected chi connectivity index (χ3v) is 3.84. The van der Waals surface area contributed by atoms with E-state index < -0.39 is 0 Å². The number of pyridine rings is 1. The number of piperidine rings is 1. The molecule has 2 aromatic rings. The van der Waals surface area contributed by atoms with Gasteiger partial charge in [-0.25, -0.2) is 0 Å². The summed E-state index contributed by atoms with van der Waals surface area (Å²) in [5.41, 5.74) is 0.903. The van der Waals surface area contributed by atoms with Gasteiger partial charge in [0.05, 0.1) is 24.5 Å². The van der Waals surface area contributed by atoms with E-state index in [-0.39, 0.29) is 36.8 Å². The number of rotatable bonds is 5. The molecule has 8 nitrogen and oxygen atoms in total. The van der Waals surface area contributed by atoms with Crippen LogP contribution in [-0.2, 0) is 4.79 Å². The molecular weight excluding hydrogens is 344 g/mol. The molecule has 0 spiro atoms. The lowest BCUT2D eigenvalue weighted by Crippen LogP contribution is -2.34. The Morgan fingerprint density at radius 3 is 2.96 bits per heavy atom. The van der Waals surface area contributed by atoms with E-state index in [1.165, 1.54) is 0 Å². The number of anilines is 1. The highest BCUT2D eigenvalue weighted by molar-refractivity contribution is 5.98. The number of aromatic nitrogens is 3. The first-order valence-corrected chi connectivity index (χ1v) is 7.96. The Balaban J connectivity index is 0.00000225. The van der Waals surface area contributed by atoms with Crippen LogP contribution in [0.2, 0.25) is 0 Å². The summed E-state index contributed by atoms with van der Waals surface area (Å²) in [6, 6.07) is 5.39. The minimum atomic E-state index is -0.362. The Labute approximate surface area is 151 Å². The van der Waals surface area contributed by atoms with E-state index in [2.05, 4.69) is 26.0 Å². The van der Waals surface area contributed by atoms with Gasteiger partial charge in [-0.3, -0.25) is 19.3 Å². The molecular formula is C16H21ClN6O2. The van der Waals surface area contributed by atoms with E-state index in [1.807, 2.05) is 10.9 Å². The van der Waals surface area contributed by atoms with Crippen LogP contribution in [-0.4, -0.2) is 46.2 Å². The van der Waals surface area contributed by atoms with E-state index in [0.29, 0.717) is 11.4 Å². The quantitative estimate of drug-likeness (QED) is 0.734. The van der Waals surface area contributed by atoms with Gasteiger partial charge >= 0.3 is 0 Å². The SMILES string of the molecule is Cl.O=C(CNC(=O)c1ccn(C2CCCNC2)n1)Nc1cccnc1. The molecule has 1 saturated heterocycles. The van der Waals surface area contributed by atoms with Crippen molar-refractivity contribution in [2.75, 3.05) is 25.0 Å². The smallest absolute Gasteiger partial charge is 0.272 e. The highest BCUT2D eigenvalue weighted by atomic mass is 35.5. The topological polar surface area (TPSA) is 101 Å². The van der Waals surface area contributed by atoms with E-state index >= 15 is 0 Å². The number of carbonyl (C=O) groups is 2. The highest BCUT2D eigenvalue weighted by Crippen LogP contribution is 2.15. The van der Waals surface area contributed by atoms with Crippen LogP contribution in [0.15, 0.2) is 36.8 Å². The zero-order chi connectivity index (χ0) is 16.8. The molecule has 9 heteroatoms. The van der Waals surface area contributed by atoms with Gasteiger partial charge in [0.1, 0.15) is 5.69 Å². The standard InChI is InChI=1S/C16H20N6O2.ClH/c23-15(20-12-3-1-6-17-9-12)11-19-16(24)14-5-8-22(21-14)13-4-2-7-18-10-13;/h1,3,5-6,8-9,13,18H,2,4,7,10-11H2,(H,19,24)(H,20,23);1H. The highest BCUT2D eigenvalue weighted by Gasteiger charge is 2.18. The minimum Gasteiger partial charge on any atom is -0.342 e. The fourth-order valence-electron chi connectivity index (χ4n) is 2.61. The molecule has 1 aliphatic heterocycles. The second kappa shape index (κ2) is 9.14. The summed E-state index contributed by atoms with van der Waals surface area (Å²) in [6.07, 6.45) is 7.11. The van der Waals surface area contributed by atoms with E-state index in [4.69, 9.17) is 0 Å². The maximum absolute atomic E-state index is 12.1. The summed E-state index contributed by atoms with van der Waals surface area (Å²) in [6.45, 7) is 1.76. The van der Waals surface area contributed by atoms with Crippen molar-refractivity contribution < 1.29 is 9.59 Å². The van der Waals surface area contributed by atoms with Crippen LogP contribution in [0.3, 0.4) is 0 Å². The van der Waals surface area contributed by atoms with Gasteiger partial charge in [0.25, 0.3) is 5.91 Å². The molecule has 0 radical (unpaired) electrons. The Hall–Kier alpha value is -2.45. The second-order valence-electron chi connectivity index (χ2n) is 5.65. The van der Waals surface area contributed by atoms with Crippen molar-refractivity contribution in [2.24, 2.45) is 0 Å². The molecule has 1 unspecified atom stereocenters. The monoisotopic (exact) mass is 364 g/mol. The van der Waals surface area contributed by atoms with Crippen LogP contribution < -0.4 is 16.0 Å². The van der Waals surface area contributed by atoms with Gasteiger partial charge in [-0.15, -0.1) is 12.4 Å². The predicted octanol–water partition coefficient (Wildman–Crippen LogP) is 0.993. The molecule has 0 saturated carbocycles. The fraction of sp³-hybridized carbons (Fsp3) is 0.375. The second-order valence-corrected chi connectivity index (χ2v) is 5.65. The maximum Gasteiger partial charge on any atom is 0.272 e. The van der Waals surface area contributed by atoms with Crippen molar-refractivity contribution in [1.29, 1.82) is 0 Å². The van der Waals surface area contributed by atoms with Crippen LogP contribution in [0.5, 0.6) is 0 Å². The maximum atomic E-state index is 12.1. The largest absolute Gasteiger partial charge is 0.342 e. The number of carbonyl (C=O) groups excluding carboxylic acids is 2. The first-order chi connectivity index (χ1) is 11.7. The lowest BCUT2D eigenvalue weighted by Gasteiger charge is -2.22. The van der Waals surface area contributed by atoms with E-state index in [0.717, 1.165) is 25.9 Å². The van der Waals surface area contributed by atoms with Gasteiger partial charge in [0, 0.05) is 18.9 Å². The Morgan fingerprint density at radius 2 is 2.24 bits per heavy atom. The summed E-state index contributed by atoms with van der Waals surface area (Å²) in [5.74, 6) is -0.675. The molecule has 1 fully saturated rings. The number of nitrogens with one attached hydrogen (secondary N) is 3. The lowest BCUT2D eigenvalue weighted by atomic mass is 10.1. The van der Waals surface area contributed by atoms with Gasteiger partial charge in [0.15, 0.2) is 0 Å². The van der Waals surface area contributed by atoms with Gasteiger partial charge < -0.3 is 16.0 Å². The van der Waals surface area contributed by atoms with Crippen LogP contribution >= 0.6 is 12.4 Å². The summed E-state index contributed by atoms with van der Waals surface area (Å²) in [7, 11) is 0. The molecule has 3 rings (SSSR count). The number of hydrogen-bond acceptors (Lipinski definition) is 5. The summed E-state index contributed by atoms with van der Waals surface area (Å²) < 4.78 is 1.82. The molecule has 0 aromatic carbocycles. The minimum absolute atomic E-state index is 0. The number of amides is 2. The van der Waals surface area contributed by atoms with E-state index in [9.17, 15) is 9.59 Å². The zero-order valence-electron chi connectivity index (χ0n) is 13.6. The molecule has 134 valence electrons. The average molecular weight is 365 g/mol. The number of hydrogen-bond donors (Lipinski definition) is 3. The summed E-state index contributed by atoms with van der Waals surface area (Å²) in [4.78, 5) is 27.8. The molecule has 25 heavy (non-hydrogen) atoms. The summed E-state index contributed by atoms with van der Waals surface area (Å²) >= 11 is 0. The molecule has 0 bridgehead atoms. The van der Waals surface area contributed by atoms with Gasteiger partial charge in [-0.2, -0.15) is 5.10 Å². The first-order valence-electron chi connectivity index (χ1n) is 7.96. The van der Waals surface area contributed by atoms with Crippen molar-refractivity contribution in [3.63, 3.8) is 0 Å². The Bertz CT molecular complexity index is 700. The average Bonchev–Trinajstić information content (AvgIpc) is 3.11. The van der Waals surface area contributed by atoms with Crippen LogP contribution in [0.4, 0.5) is 5.69 Å². The van der Waals surface area contributed by atoms with Crippen molar-refractivity contribution in [2.45, 2.75) is 18.9 Å². The molecule has 1 aliphatic rings. The molecule has 2 amide bonds. The Morgan fingerprint density at radius 1 is 1.36 bits per heavy atom. The van der Waals surface area contributed by atoms with Crippen LogP contribution in [0.25, 0.3) is 0 Å². The van der Waals surface area contributed by atoms with Crippen molar-refractivity contribution in [3.05, 3.63) is 42.5 Å². The van der Waals surface area contributed by atoms with Crippen LogP contribution in [0, 0.1) is 0 Å².